The van der Waals surface area contributed by atoms with Crippen LogP contribution in [0.3, 0.4) is 0 Å². The molecule has 0 fully saturated rings. The molecule has 0 aromatic heterocycles. The Morgan fingerprint density at radius 3 is 2.50 bits per heavy atom. The van der Waals surface area contributed by atoms with Crippen LogP contribution in [0.1, 0.15) is 12.5 Å². The van der Waals surface area contributed by atoms with Crippen molar-refractivity contribution in [3.8, 4) is 5.75 Å². The van der Waals surface area contributed by atoms with Crippen molar-refractivity contribution in [3.63, 3.8) is 0 Å². The Kier molecular flexibility index (Phi) is 6.84. The molecule has 1 amide bonds. The van der Waals surface area contributed by atoms with Crippen LogP contribution in [0.4, 0.5) is 0 Å². The van der Waals surface area contributed by atoms with E-state index in [0.717, 1.165) is 17.1 Å². The zero-order chi connectivity index (χ0) is 15.6. The molecule has 0 unspecified atom stereocenters. The number of amides is 1. The van der Waals surface area contributed by atoms with E-state index < -0.39 is 0 Å². The number of hydrogen-bond donors (Lipinski definition) is 1. The first-order valence-corrected chi connectivity index (χ1v) is 8.43. The molecule has 1 N–H and O–H groups in total. The van der Waals surface area contributed by atoms with E-state index in [1.165, 1.54) is 4.90 Å². The quantitative estimate of drug-likeness (QED) is 0.598. The Morgan fingerprint density at radius 2 is 1.82 bits per heavy atom. The van der Waals surface area contributed by atoms with Gasteiger partial charge in [0.15, 0.2) is 0 Å². The minimum atomic E-state index is 0.0535. The van der Waals surface area contributed by atoms with E-state index in [1.807, 2.05) is 49.4 Å². The van der Waals surface area contributed by atoms with Crippen LogP contribution in [0.2, 0.25) is 0 Å². The number of benzene rings is 2. The summed E-state index contributed by atoms with van der Waals surface area (Å²) in [4.78, 5) is 13.1. The smallest absolute Gasteiger partial charge is 0.224 e. The molecule has 2 aromatic carbocycles. The summed E-state index contributed by atoms with van der Waals surface area (Å²) < 4.78 is 5.38. The first-order chi connectivity index (χ1) is 10.8. The predicted octanol–water partition coefficient (Wildman–Crippen LogP) is 3.54. The molecule has 2 aromatic rings. The van der Waals surface area contributed by atoms with Gasteiger partial charge in [-0.25, -0.2) is 0 Å². The molecule has 0 atom stereocenters. The first kappa shape index (κ1) is 16.4. The Morgan fingerprint density at radius 1 is 1.09 bits per heavy atom. The van der Waals surface area contributed by atoms with Gasteiger partial charge in [0.1, 0.15) is 5.75 Å². The van der Waals surface area contributed by atoms with Gasteiger partial charge in [-0.15, -0.1) is 11.8 Å². The summed E-state index contributed by atoms with van der Waals surface area (Å²) in [5, 5.41) is 2.95. The maximum absolute atomic E-state index is 11.9. The van der Waals surface area contributed by atoms with Crippen LogP contribution in [0.25, 0.3) is 0 Å². The molecule has 0 aliphatic carbocycles. The van der Waals surface area contributed by atoms with Gasteiger partial charge < -0.3 is 10.1 Å². The second-order valence-corrected chi connectivity index (χ2v) is 5.93. The molecule has 0 radical (unpaired) electrons. The Balaban J connectivity index is 1.67. The average Bonchev–Trinajstić information content (AvgIpc) is 2.55. The molecule has 22 heavy (non-hydrogen) atoms. The summed E-state index contributed by atoms with van der Waals surface area (Å²) >= 11 is 1.74. The van der Waals surface area contributed by atoms with E-state index in [-0.39, 0.29) is 5.91 Å². The molecule has 0 saturated carbocycles. The van der Waals surface area contributed by atoms with Crippen molar-refractivity contribution in [1.29, 1.82) is 0 Å². The number of carbonyl (C=O) groups excluding carboxylic acids is 1. The highest BCUT2D eigenvalue weighted by Crippen LogP contribution is 2.16. The van der Waals surface area contributed by atoms with Crippen LogP contribution in [-0.4, -0.2) is 24.8 Å². The molecule has 0 bridgehead atoms. The lowest BCUT2D eigenvalue weighted by atomic mass is 10.1. The monoisotopic (exact) mass is 315 g/mol. The summed E-state index contributed by atoms with van der Waals surface area (Å²) in [5.41, 5.74) is 0.997. The van der Waals surface area contributed by atoms with Crippen molar-refractivity contribution in [2.24, 2.45) is 0 Å². The maximum atomic E-state index is 11.9. The molecular weight excluding hydrogens is 294 g/mol. The second-order valence-electron chi connectivity index (χ2n) is 4.77. The SMILES string of the molecule is CCOc1ccc(CC(=O)NCCSc2ccccc2)cc1. The largest absolute Gasteiger partial charge is 0.494 e. The highest BCUT2D eigenvalue weighted by Gasteiger charge is 2.03. The summed E-state index contributed by atoms with van der Waals surface area (Å²) in [6, 6.07) is 17.9. The molecule has 4 heteroatoms. The third-order valence-corrected chi connectivity index (χ3v) is 4.05. The van der Waals surface area contributed by atoms with Gasteiger partial charge in [-0.05, 0) is 36.8 Å². The van der Waals surface area contributed by atoms with E-state index >= 15 is 0 Å². The fourth-order valence-electron chi connectivity index (χ4n) is 1.99. The lowest BCUT2D eigenvalue weighted by Gasteiger charge is -2.07. The van der Waals surface area contributed by atoms with E-state index in [4.69, 9.17) is 4.74 Å². The van der Waals surface area contributed by atoms with Crippen LogP contribution in [0.15, 0.2) is 59.5 Å². The predicted molar refractivity (Wildman–Crippen MR) is 91.5 cm³/mol. The van der Waals surface area contributed by atoms with Gasteiger partial charge in [0.05, 0.1) is 13.0 Å². The van der Waals surface area contributed by atoms with Gasteiger partial charge in [0, 0.05) is 17.2 Å². The lowest BCUT2D eigenvalue weighted by Crippen LogP contribution is -2.27. The highest BCUT2D eigenvalue weighted by atomic mass is 32.2. The second kappa shape index (κ2) is 9.15. The van der Waals surface area contributed by atoms with Crippen molar-refractivity contribution in [2.75, 3.05) is 18.9 Å². The average molecular weight is 315 g/mol. The molecule has 2 rings (SSSR count). The van der Waals surface area contributed by atoms with Crippen molar-refractivity contribution in [3.05, 3.63) is 60.2 Å². The van der Waals surface area contributed by atoms with E-state index in [9.17, 15) is 4.79 Å². The van der Waals surface area contributed by atoms with Gasteiger partial charge in [-0.2, -0.15) is 0 Å². The Hall–Kier alpha value is -1.94. The normalized spacial score (nSPS) is 10.2. The van der Waals surface area contributed by atoms with E-state index in [0.29, 0.717) is 19.6 Å². The Bertz CT molecular complexity index is 569. The van der Waals surface area contributed by atoms with Crippen LogP contribution in [0.5, 0.6) is 5.75 Å². The topological polar surface area (TPSA) is 38.3 Å². The molecule has 0 saturated heterocycles. The minimum Gasteiger partial charge on any atom is -0.494 e. The van der Waals surface area contributed by atoms with Crippen LogP contribution in [-0.2, 0) is 11.2 Å². The number of rotatable bonds is 8. The molecule has 116 valence electrons. The van der Waals surface area contributed by atoms with E-state index in [1.54, 1.807) is 11.8 Å². The third-order valence-electron chi connectivity index (χ3n) is 3.04. The zero-order valence-corrected chi connectivity index (χ0v) is 13.6. The number of carbonyl (C=O) groups is 1. The highest BCUT2D eigenvalue weighted by molar-refractivity contribution is 7.99. The molecule has 0 heterocycles. The first-order valence-electron chi connectivity index (χ1n) is 7.44. The summed E-state index contributed by atoms with van der Waals surface area (Å²) in [6.45, 7) is 3.28. The summed E-state index contributed by atoms with van der Waals surface area (Å²) in [7, 11) is 0. The molecular formula is C18H21NO2S. The van der Waals surface area contributed by atoms with Gasteiger partial charge in [-0.3, -0.25) is 4.79 Å². The number of nitrogens with one attached hydrogen (secondary N) is 1. The number of thioether (sulfide) groups is 1. The van der Waals surface area contributed by atoms with Crippen molar-refractivity contribution in [1.82, 2.24) is 5.32 Å². The number of hydrogen-bond acceptors (Lipinski definition) is 3. The third kappa shape index (κ3) is 5.82. The summed E-state index contributed by atoms with van der Waals surface area (Å²) in [5.74, 6) is 1.77. The minimum absolute atomic E-state index is 0.0535. The number of ether oxygens (including phenoxy) is 1. The van der Waals surface area contributed by atoms with Crippen LogP contribution in [0, 0.1) is 0 Å². The van der Waals surface area contributed by atoms with Gasteiger partial charge >= 0.3 is 0 Å². The zero-order valence-electron chi connectivity index (χ0n) is 12.7. The standard InChI is InChI=1S/C18H21NO2S/c1-2-21-16-10-8-15(9-11-16)14-18(20)19-12-13-22-17-6-4-3-5-7-17/h3-11H,2,12-14H2,1H3,(H,19,20). The van der Waals surface area contributed by atoms with Gasteiger partial charge in [0.25, 0.3) is 0 Å². The molecule has 0 spiro atoms. The fourth-order valence-corrected chi connectivity index (χ4v) is 2.78. The summed E-state index contributed by atoms with van der Waals surface area (Å²) in [6.07, 6.45) is 0.405. The van der Waals surface area contributed by atoms with Crippen molar-refractivity contribution < 1.29 is 9.53 Å². The van der Waals surface area contributed by atoms with Gasteiger partial charge in [-0.1, -0.05) is 30.3 Å². The fraction of sp³-hybridized carbons (Fsp3) is 0.278. The molecule has 0 aliphatic rings. The molecule has 3 nitrogen and oxygen atoms in total. The van der Waals surface area contributed by atoms with Crippen LogP contribution < -0.4 is 10.1 Å². The van der Waals surface area contributed by atoms with Gasteiger partial charge in [0.2, 0.25) is 5.91 Å². The van der Waals surface area contributed by atoms with Crippen LogP contribution >= 0.6 is 11.8 Å². The van der Waals surface area contributed by atoms with E-state index in [2.05, 4.69) is 17.4 Å². The lowest BCUT2D eigenvalue weighted by molar-refractivity contribution is -0.120. The maximum Gasteiger partial charge on any atom is 0.224 e. The molecule has 0 aliphatic heterocycles. The Labute approximate surface area is 136 Å². The van der Waals surface area contributed by atoms with Crippen molar-refractivity contribution >= 4 is 17.7 Å². The van der Waals surface area contributed by atoms with Crippen molar-refractivity contribution in [2.45, 2.75) is 18.2 Å².